The lowest BCUT2D eigenvalue weighted by Gasteiger charge is -2.36. The van der Waals surface area contributed by atoms with E-state index in [4.69, 9.17) is 54.2 Å². The van der Waals surface area contributed by atoms with Crippen molar-refractivity contribution in [1.29, 1.82) is 0 Å². The van der Waals surface area contributed by atoms with Crippen LogP contribution in [0.4, 0.5) is 10.6 Å². The third-order valence-corrected chi connectivity index (χ3v) is 12.0. The number of ether oxygens (including phenoxy) is 6. The van der Waals surface area contributed by atoms with Gasteiger partial charge in [0.05, 0.1) is 38.0 Å². The summed E-state index contributed by atoms with van der Waals surface area (Å²) >= 11 is 6.54. The number of carbonyl (C=O) groups is 2. The summed E-state index contributed by atoms with van der Waals surface area (Å²) in [4.78, 5) is 38.0. The zero-order valence-electron chi connectivity index (χ0n) is 32.0. The van der Waals surface area contributed by atoms with Crippen LogP contribution in [0.3, 0.4) is 0 Å². The van der Waals surface area contributed by atoms with E-state index in [0.29, 0.717) is 5.39 Å². The Bertz CT molecular complexity index is 1860. The summed E-state index contributed by atoms with van der Waals surface area (Å²) in [6.45, 7) is 10.4. The molecule has 0 aromatic carbocycles. The molecular weight excluding hydrogens is 773 g/mol. The number of hydrogen-bond donors (Lipinski definition) is 1. The molecule has 54 heavy (non-hydrogen) atoms. The van der Waals surface area contributed by atoms with Crippen molar-refractivity contribution >= 4 is 58.0 Å². The number of methoxy groups -OCH3 is 1. The summed E-state index contributed by atoms with van der Waals surface area (Å²) in [7, 11) is -6.88. The highest BCUT2D eigenvalue weighted by Crippen LogP contribution is 2.61. The van der Waals surface area contributed by atoms with Gasteiger partial charge in [0.15, 0.2) is 23.5 Å². The van der Waals surface area contributed by atoms with Gasteiger partial charge in [0.2, 0.25) is 5.28 Å². The van der Waals surface area contributed by atoms with E-state index in [2.05, 4.69) is 19.4 Å². The first kappa shape index (κ1) is 42.8. The van der Waals surface area contributed by atoms with Gasteiger partial charge in [0, 0.05) is 19.4 Å². The normalized spacial score (nSPS) is 25.3. The number of carbonyl (C=O) groups excluding carboxylic acids is 2. The fraction of sp³-hybridized carbons (Fsp3) is 0.781. The van der Waals surface area contributed by atoms with Crippen LogP contribution in [0.15, 0.2) is 10.6 Å². The lowest BCUT2D eigenvalue weighted by atomic mass is 10.1. The van der Waals surface area contributed by atoms with Crippen molar-refractivity contribution in [1.82, 2.24) is 19.7 Å². The molecule has 5 rings (SSSR count). The monoisotopic (exact) mass is 823 g/mol. The minimum Gasteiger partial charge on any atom is -0.443 e. The molecule has 3 fully saturated rings. The van der Waals surface area contributed by atoms with Crippen molar-refractivity contribution in [3.05, 3.63) is 11.5 Å². The van der Waals surface area contributed by atoms with Crippen LogP contribution in [0.5, 0.6) is 0 Å². The van der Waals surface area contributed by atoms with Gasteiger partial charge in [-0.3, -0.25) is 14.3 Å². The van der Waals surface area contributed by atoms with Gasteiger partial charge in [-0.15, -0.1) is 4.36 Å². The van der Waals surface area contributed by atoms with Gasteiger partial charge in [0.25, 0.3) is 5.34 Å². The minimum absolute atomic E-state index is 0.147. The van der Waals surface area contributed by atoms with E-state index in [1.807, 2.05) is 0 Å². The van der Waals surface area contributed by atoms with Gasteiger partial charge in [0.1, 0.15) is 33.8 Å². The topological polar surface area (TPSA) is 227 Å². The Balaban J connectivity index is 1.56. The second-order valence-electron chi connectivity index (χ2n) is 14.7. The molecule has 4 heterocycles. The van der Waals surface area contributed by atoms with Gasteiger partial charge >= 0.3 is 19.6 Å². The molecule has 0 radical (unpaired) electrons. The Labute approximate surface area is 320 Å². The summed E-state index contributed by atoms with van der Waals surface area (Å²) in [5.41, 5.74) is -0.542. The van der Waals surface area contributed by atoms with E-state index in [9.17, 15) is 18.4 Å². The van der Waals surface area contributed by atoms with Crippen molar-refractivity contribution in [2.24, 2.45) is 9.50 Å². The van der Waals surface area contributed by atoms with Gasteiger partial charge in [-0.05, 0) is 72.9 Å². The molecule has 1 unspecified atom stereocenters. The molecule has 2 aromatic rings. The molecule has 3 aliphatic rings. The first-order valence-electron chi connectivity index (χ1n) is 17.7. The predicted octanol–water partition coefficient (Wildman–Crippen LogP) is 4.70. The zero-order valence-corrected chi connectivity index (χ0v) is 34.5. The Morgan fingerprint density at radius 3 is 2.35 bits per heavy atom. The van der Waals surface area contributed by atoms with Gasteiger partial charge < -0.3 is 37.5 Å². The van der Waals surface area contributed by atoms with Crippen LogP contribution >= 0.6 is 19.2 Å². The largest absolute Gasteiger partial charge is 0.443 e. The van der Waals surface area contributed by atoms with Crippen LogP contribution in [0.1, 0.15) is 80.4 Å². The van der Waals surface area contributed by atoms with Crippen molar-refractivity contribution in [3.8, 4) is 0 Å². The minimum atomic E-state index is -4.57. The molecule has 2 amide bonds. The molecule has 2 saturated heterocycles. The lowest BCUT2D eigenvalue weighted by Crippen LogP contribution is -2.49. The second-order valence-corrected chi connectivity index (χ2v) is 19.2. The van der Waals surface area contributed by atoms with Crippen LogP contribution in [-0.4, -0.2) is 117 Å². The molecule has 2 aromatic heterocycles. The highest BCUT2D eigenvalue weighted by atomic mass is 35.5. The molecule has 2 aliphatic heterocycles. The van der Waals surface area contributed by atoms with Crippen molar-refractivity contribution in [3.63, 3.8) is 0 Å². The molecule has 1 saturated carbocycles. The standard InChI is InChI=1S/C32H51ClN7O12PS/c1-10-47-53(43,48-11-2)32(18-45-8,27(41)38-54(9,34)44)46-17-21-22-23(51-31(6,7)50-22)26(49-21)40-25-20(16-35-40)24(36-28(33)37-25)39(19-14-12-13-15-19)29(42)52-30(3,4)5/h16,19,21-23,26H,10-15,17-18H2,1-9H3,(H2,34,38,41,44)/t21-,22-,23-,26-,32-,54?/m1/s1. The molecule has 19 nitrogen and oxygen atoms in total. The number of rotatable bonds is 14. The second kappa shape index (κ2) is 16.2. The quantitative estimate of drug-likeness (QED) is 0.201. The fourth-order valence-corrected chi connectivity index (χ4v) is 9.48. The Kier molecular flexibility index (Phi) is 12.9. The van der Waals surface area contributed by atoms with E-state index in [1.54, 1.807) is 48.5 Å². The summed E-state index contributed by atoms with van der Waals surface area (Å²) in [5.74, 6) is -2.15. The van der Waals surface area contributed by atoms with Crippen molar-refractivity contribution in [2.45, 2.75) is 121 Å². The first-order chi connectivity index (χ1) is 25.2. The van der Waals surface area contributed by atoms with Gasteiger partial charge in [-0.1, -0.05) is 12.8 Å². The first-order valence-corrected chi connectivity index (χ1v) is 21.6. The summed E-state index contributed by atoms with van der Waals surface area (Å²) < 4.78 is 79.5. The Hall–Kier alpha value is -2.36. The molecule has 6 atom stereocenters. The molecular formula is C32H51ClN7O12PS. The van der Waals surface area contributed by atoms with E-state index in [1.165, 1.54) is 22.9 Å². The summed E-state index contributed by atoms with van der Waals surface area (Å²) in [6.07, 6.45) is 1.61. The SMILES string of the molecule is CCOP(=O)(OCC)[C@@](COC)(OC[C@H]1O[C@@H](n2ncc3c(N(C(=O)OC(C)(C)C)C4CCCC4)nc(Cl)nc32)[C@@H]2OC(C)(C)O[C@@H]21)C(=O)N=S(C)(N)=O. The number of anilines is 1. The number of nitrogens with zero attached hydrogens (tertiary/aromatic N) is 6. The maximum atomic E-state index is 14.4. The van der Waals surface area contributed by atoms with Crippen molar-refractivity contribution in [2.75, 3.05) is 44.7 Å². The highest BCUT2D eigenvalue weighted by Gasteiger charge is 2.62. The van der Waals surface area contributed by atoms with Crippen LogP contribution in [0.25, 0.3) is 11.0 Å². The molecule has 304 valence electrons. The lowest BCUT2D eigenvalue weighted by molar-refractivity contribution is -0.207. The molecule has 2 N–H and O–H groups in total. The van der Waals surface area contributed by atoms with Crippen molar-refractivity contribution < 1.29 is 55.8 Å². The number of hydrogen-bond acceptors (Lipinski definition) is 15. The predicted molar refractivity (Wildman–Crippen MR) is 196 cm³/mol. The van der Waals surface area contributed by atoms with Crippen LogP contribution in [0, 0.1) is 0 Å². The highest BCUT2D eigenvalue weighted by molar-refractivity contribution is 7.91. The maximum absolute atomic E-state index is 14.4. The van der Waals surface area contributed by atoms with E-state index in [-0.39, 0.29) is 36.0 Å². The average Bonchev–Trinajstić information content (AvgIpc) is 3.82. The number of fused-ring (bicyclic) bond motifs is 2. The van der Waals surface area contributed by atoms with E-state index < -0.39 is 84.0 Å². The molecule has 22 heteroatoms. The molecule has 0 spiro atoms. The van der Waals surface area contributed by atoms with Gasteiger partial charge in [-0.25, -0.2) is 18.8 Å². The van der Waals surface area contributed by atoms with Crippen LogP contribution in [-0.2, 0) is 56.7 Å². The third kappa shape index (κ3) is 8.94. The number of aromatic nitrogens is 4. The molecule has 1 aliphatic carbocycles. The summed E-state index contributed by atoms with van der Waals surface area (Å²) in [6, 6.07) is -0.190. The number of amides is 2. The van der Waals surface area contributed by atoms with Crippen LogP contribution < -0.4 is 10.0 Å². The average molecular weight is 824 g/mol. The van der Waals surface area contributed by atoms with Gasteiger partial charge in [-0.2, -0.15) is 15.1 Å². The summed E-state index contributed by atoms with van der Waals surface area (Å²) in [5, 5.41) is 7.96. The fourth-order valence-electron chi connectivity index (χ4n) is 6.80. The smallest absolute Gasteiger partial charge is 0.416 e. The van der Waals surface area contributed by atoms with E-state index >= 15 is 0 Å². The number of nitrogens with two attached hydrogens (primary N) is 1. The third-order valence-electron chi connectivity index (χ3n) is 8.75. The number of halogens is 1. The zero-order chi connectivity index (χ0) is 39.9. The maximum Gasteiger partial charge on any atom is 0.416 e. The van der Waals surface area contributed by atoms with E-state index in [0.717, 1.165) is 31.9 Å². The van der Waals surface area contributed by atoms with Crippen LogP contribution in [0.2, 0.25) is 5.28 Å². The Morgan fingerprint density at radius 2 is 1.78 bits per heavy atom. The Morgan fingerprint density at radius 1 is 1.15 bits per heavy atom. The molecule has 0 bridgehead atoms.